The average Bonchev–Trinajstić information content (AvgIpc) is 0.722. The van der Waals surface area contributed by atoms with Crippen molar-refractivity contribution in [2.75, 3.05) is 0 Å². The van der Waals surface area contributed by atoms with Gasteiger partial charge in [0.25, 0.3) is 0 Å². The van der Waals surface area contributed by atoms with Gasteiger partial charge in [0, 0.05) is 0 Å². The van der Waals surface area contributed by atoms with Crippen molar-refractivity contribution in [1.82, 2.24) is 0 Å². The molecule has 5 heavy (non-hydrogen) atoms. The van der Waals surface area contributed by atoms with Gasteiger partial charge in [0.2, 0.25) is 6.00 Å². The Bertz CT molecular complexity index is 25.1. The number of hydrogen-bond donors (Lipinski definition) is 0. The van der Waals surface area contributed by atoms with Crippen LogP contribution in [0.1, 0.15) is 0 Å². The van der Waals surface area contributed by atoms with Gasteiger partial charge in [0.1, 0.15) is 0 Å². The number of hydrogen-bond acceptors (Lipinski definition) is 0. The van der Waals surface area contributed by atoms with E-state index < -0.39 is 6.00 Å². The summed E-state index contributed by atoms with van der Waals surface area (Å²) < 4.78 is 0. The van der Waals surface area contributed by atoms with Crippen molar-refractivity contribution in [3.05, 3.63) is 0 Å². The van der Waals surface area contributed by atoms with Gasteiger partial charge in [0.05, 0.1) is 0 Å². The fraction of sp³-hybridized carbons (Fsp3) is 1.00. The topological polar surface area (TPSA) is 0 Å². The normalized spacial score (nSPS) is 12.0. The highest BCUT2D eigenvalue weighted by atomic mass is 79.9. The Hall–Kier alpha value is 0.987. The van der Waals surface area contributed by atoms with E-state index in [1.807, 2.05) is 13.1 Å². The van der Waals surface area contributed by atoms with Crippen LogP contribution in [0.15, 0.2) is 0 Å². The Morgan fingerprint density at radius 3 is 1.60 bits per heavy atom. The zero-order valence-corrected chi connectivity index (χ0v) is 6.60. The molecule has 0 amide bonds. The molecule has 0 saturated carbocycles. The highest BCUT2D eigenvalue weighted by Crippen LogP contribution is 2.13. The maximum absolute atomic E-state index is 5.59. The second kappa shape index (κ2) is 1.62. The molecule has 0 bridgehead atoms. The monoisotopic (exact) mass is 172 g/mol. The van der Waals surface area contributed by atoms with E-state index in [1.165, 1.54) is 0 Å². The van der Waals surface area contributed by atoms with Crippen molar-refractivity contribution in [3.63, 3.8) is 0 Å². The van der Waals surface area contributed by atoms with Crippen molar-refractivity contribution < 1.29 is 0 Å². The van der Waals surface area contributed by atoms with E-state index >= 15 is 0 Å². The highest BCUT2D eigenvalue weighted by molar-refractivity contribution is 9.27. The molecule has 3 heteroatoms. The minimum Gasteiger partial charge on any atom is -0.153 e. The number of halogens is 2. The van der Waals surface area contributed by atoms with Crippen molar-refractivity contribution in [1.29, 1.82) is 0 Å². The van der Waals surface area contributed by atoms with E-state index in [-0.39, 0.29) is 0 Å². The first kappa shape index (κ1) is 5.99. The lowest BCUT2D eigenvalue weighted by atomic mass is 11.9. The Kier molecular flexibility index (Phi) is 1.94. The largest absolute Gasteiger partial charge is 0.220 e. The van der Waals surface area contributed by atoms with E-state index in [4.69, 9.17) is 11.1 Å². The summed E-state index contributed by atoms with van der Waals surface area (Å²) in [5.74, 6) is 0. The first-order valence-corrected chi connectivity index (χ1v) is 7.65. The summed E-state index contributed by atoms with van der Waals surface area (Å²) >= 11 is 8.86. The van der Waals surface area contributed by atoms with Crippen LogP contribution in [0.2, 0.25) is 13.1 Å². The lowest BCUT2D eigenvalue weighted by molar-refractivity contribution is 2.08. The summed E-state index contributed by atoms with van der Waals surface area (Å²) in [4.78, 5) is 0. The van der Waals surface area contributed by atoms with E-state index in [9.17, 15) is 0 Å². The molecular weight excluding hydrogens is 167 g/mol. The zero-order chi connectivity index (χ0) is 4.50. The quantitative estimate of drug-likeness (QED) is 0.390. The smallest absolute Gasteiger partial charge is 0.153 e. The third-order valence-corrected chi connectivity index (χ3v) is 0. The molecule has 0 nitrogen and oxygen atoms in total. The molecule has 0 unspecified atom stereocenters. The fourth-order valence-electron chi connectivity index (χ4n) is 0. The van der Waals surface area contributed by atoms with Gasteiger partial charge in [-0.05, 0) is 13.1 Å². The van der Waals surface area contributed by atoms with E-state index in [0.717, 1.165) is 0 Å². The Morgan fingerprint density at radius 1 is 1.60 bits per heavy atom. The molecule has 0 rings (SSSR count). The van der Waals surface area contributed by atoms with Gasteiger partial charge in [0.15, 0.2) is 0 Å². The lowest BCUT2D eigenvalue weighted by Gasteiger charge is -1.94. The summed E-state index contributed by atoms with van der Waals surface area (Å²) in [5, 5.41) is 0. The summed E-state index contributed by atoms with van der Waals surface area (Å²) in [7, 11) is 0. The second-order valence-corrected chi connectivity index (χ2v) is 14.1. The predicted molar refractivity (Wildman–Crippen MR) is 32.3 cm³/mol. The molecule has 0 atom stereocenters. The maximum Gasteiger partial charge on any atom is 0.220 e. The van der Waals surface area contributed by atoms with Crippen LogP contribution < -0.4 is 0 Å². The van der Waals surface area contributed by atoms with Crippen LogP contribution in [0.25, 0.3) is 0 Å². The highest BCUT2D eigenvalue weighted by Gasteiger charge is 2.07. The van der Waals surface area contributed by atoms with Crippen LogP contribution in [0.3, 0.4) is 0 Å². The molecule has 32 valence electrons. The zero-order valence-electron chi connectivity index (χ0n) is 3.26. The van der Waals surface area contributed by atoms with Gasteiger partial charge in [-0.2, -0.15) is 11.1 Å². The minimum absolute atomic E-state index is 1.33. The van der Waals surface area contributed by atoms with Gasteiger partial charge >= 0.3 is 0 Å². The Morgan fingerprint density at radius 2 is 1.60 bits per heavy atom. The summed E-state index contributed by atoms with van der Waals surface area (Å²) in [6.07, 6.45) is 0. The summed E-state index contributed by atoms with van der Waals surface area (Å²) in [6.45, 7) is 4.02. The second-order valence-electron chi connectivity index (χ2n) is 1.33. The molecule has 0 saturated heterocycles. The van der Waals surface area contributed by atoms with E-state index in [2.05, 4.69) is 15.3 Å². The SMILES string of the molecule is C[Si](C)(Cl)Br. The van der Waals surface area contributed by atoms with E-state index in [0.29, 0.717) is 0 Å². The average molecular weight is 174 g/mol. The van der Waals surface area contributed by atoms with Crippen molar-refractivity contribution >= 4 is 32.4 Å². The third-order valence-electron chi connectivity index (χ3n) is 0. The standard InChI is InChI=1S/C2H6BrClSi/c1-5(2,3)4/h1-2H3. The molecule has 0 radical (unpaired) electrons. The molecule has 0 fully saturated rings. The van der Waals surface area contributed by atoms with Crippen LogP contribution in [0.4, 0.5) is 0 Å². The van der Waals surface area contributed by atoms with Crippen LogP contribution in [0.5, 0.6) is 0 Å². The van der Waals surface area contributed by atoms with Crippen LogP contribution in [-0.2, 0) is 0 Å². The molecule has 0 aliphatic heterocycles. The maximum atomic E-state index is 5.59. The van der Waals surface area contributed by atoms with Gasteiger partial charge in [-0.1, -0.05) is 0 Å². The Balaban J connectivity index is 3.02. The van der Waals surface area contributed by atoms with Crippen LogP contribution in [0, 0.1) is 0 Å². The minimum atomic E-state index is -1.33. The lowest BCUT2D eigenvalue weighted by Crippen LogP contribution is -2.00. The van der Waals surface area contributed by atoms with Gasteiger partial charge in [-0.15, -0.1) is 15.3 Å². The van der Waals surface area contributed by atoms with Gasteiger partial charge in [-0.25, -0.2) is 0 Å². The molecule has 0 aliphatic rings. The first-order chi connectivity index (χ1) is 2.00. The molecule has 0 aromatic rings. The van der Waals surface area contributed by atoms with Gasteiger partial charge < -0.3 is 0 Å². The third kappa shape index (κ3) is 45.7. The van der Waals surface area contributed by atoms with Gasteiger partial charge in [-0.3, -0.25) is 0 Å². The molecule has 0 aromatic heterocycles. The Labute approximate surface area is 45.8 Å². The van der Waals surface area contributed by atoms with E-state index in [1.54, 1.807) is 0 Å². The summed E-state index contributed by atoms with van der Waals surface area (Å²) in [6, 6.07) is -1.33. The molecule has 0 heterocycles. The molecule has 0 spiro atoms. The van der Waals surface area contributed by atoms with Crippen molar-refractivity contribution in [3.8, 4) is 0 Å². The van der Waals surface area contributed by atoms with Crippen molar-refractivity contribution in [2.24, 2.45) is 0 Å². The fourth-order valence-corrected chi connectivity index (χ4v) is 0. The molecule has 0 aromatic carbocycles. The first-order valence-electron chi connectivity index (χ1n) is 1.38. The summed E-state index contributed by atoms with van der Waals surface area (Å²) in [5.41, 5.74) is 0. The number of rotatable bonds is 0. The van der Waals surface area contributed by atoms with Crippen LogP contribution >= 0.6 is 26.4 Å². The van der Waals surface area contributed by atoms with Crippen molar-refractivity contribution in [2.45, 2.75) is 13.1 Å². The van der Waals surface area contributed by atoms with Crippen LogP contribution in [-0.4, -0.2) is 6.00 Å². The molecular formula is C2H6BrClSi. The molecule has 0 N–H and O–H groups in total. The predicted octanol–water partition coefficient (Wildman–Crippen LogP) is 2.32. The molecule has 0 aliphatic carbocycles.